The van der Waals surface area contributed by atoms with E-state index in [1.54, 1.807) is 0 Å². The molecule has 1 aromatic heterocycles. The van der Waals surface area contributed by atoms with Gasteiger partial charge in [-0.1, -0.05) is 13.8 Å². The Labute approximate surface area is 119 Å². The zero-order valence-corrected chi connectivity index (χ0v) is 12.5. The summed E-state index contributed by atoms with van der Waals surface area (Å²) in [5.74, 6) is 1.71. The van der Waals surface area contributed by atoms with E-state index in [1.165, 1.54) is 0 Å². The lowest BCUT2D eigenvalue weighted by Gasteiger charge is -2.19. The van der Waals surface area contributed by atoms with E-state index in [1.807, 2.05) is 6.92 Å². The van der Waals surface area contributed by atoms with Gasteiger partial charge in [-0.15, -0.1) is 0 Å². The van der Waals surface area contributed by atoms with Crippen LogP contribution in [0.2, 0.25) is 0 Å². The lowest BCUT2D eigenvalue weighted by molar-refractivity contribution is -0.122. The van der Waals surface area contributed by atoms with Gasteiger partial charge in [-0.3, -0.25) is 9.89 Å². The number of carbonyl (C=O) groups excluding carboxylic acids is 1. The zero-order valence-electron chi connectivity index (χ0n) is 12.5. The Morgan fingerprint density at radius 3 is 2.90 bits per heavy atom. The fourth-order valence-corrected chi connectivity index (χ4v) is 2.44. The Hall–Kier alpha value is -1.43. The summed E-state index contributed by atoms with van der Waals surface area (Å²) < 4.78 is 5.53. The number of hydrogen-bond acceptors (Lipinski definition) is 4. The summed E-state index contributed by atoms with van der Waals surface area (Å²) in [6.07, 6.45) is 3.73. The third kappa shape index (κ3) is 4.03. The molecule has 1 aliphatic heterocycles. The molecule has 112 valence electrons. The number of nitrogens with zero attached hydrogens (tertiary/aromatic N) is 2. The van der Waals surface area contributed by atoms with Crippen molar-refractivity contribution in [3.63, 3.8) is 0 Å². The van der Waals surface area contributed by atoms with Crippen LogP contribution in [-0.4, -0.2) is 33.8 Å². The topological polar surface area (TPSA) is 79.9 Å². The molecule has 1 aromatic rings. The van der Waals surface area contributed by atoms with Crippen molar-refractivity contribution in [3.05, 3.63) is 11.6 Å². The predicted molar refractivity (Wildman–Crippen MR) is 75.0 cm³/mol. The molecule has 0 unspecified atom stereocenters. The van der Waals surface area contributed by atoms with Gasteiger partial charge in [0.25, 0.3) is 0 Å². The number of aromatic amines is 1. The van der Waals surface area contributed by atoms with Gasteiger partial charge < -0.3 is 10.1 Å². The van der Waals surface area contributed by atoms with Crippen LogP contribution in [0.5, 0.6) is 0 Å². The number of amides is 1. The summed E-state index contributed by atoms with van der Waals surface area (Å²) in [4.78, 5) is 16.4. The van der Waals surface area contributed by atoms with Crippen LogP contribution in [0.3, 0.4) is 0 Å². The van der Waals surface area contributed by atoms with Crippen molar-refractivity contribution in [2.24, 2.45) is 5.92 Å². The molecule has 0 aliphatic carbocycles. The molecular weight excluding hydrogens is 256 g/mol. The standard InChI is InChI=1S/C14H24N4O2/c1-9(2)13(14-15-10(3)17-18-14)16-12(19)7-6-11-5-4-8-20-11/h9,11,13H,4-8H2,1-3H3,(H,16,19)(H,15,17,18)/t11-,13-/m0/s1. The fourth-order valence-electron chi connectivity index (χ4n) is 2.44. The molecule has 1 amide bonds. The first kappa shape index (κ1) is 15.0. The summed E-state index contributed by atoms with van der Waals surface area (Å²) in [6.45, 7) is 6.79. The van der Waals surface area contributed by atoms with Crippen molar-refractivity contribution in [1.82, 2.24) is 20.5 Å². The lowest BCUT2D eigenvalue weighted by Crippen LogP contribution is -2.33. The molecule has 1 aliphatic rings. The summed E-state index contributed by atoms with van der Waals surface area (Å²) >= 11 is 0. The molecule has 6 heteroatoms. The summed E-state index contributed by atoms with van der Waals surface area (Å²) in [5.41, 5.74) is 0. The summed E-state index contributed by atoms with van der Waals surface area (Å²) in [6, 6.07) is -0.142. The first-order valence-electron chi connectivity index (χ1n) is 7.36. The summed E-state index contributed by atoms with van der Waals surface area (Å²) in [7, 11) is 0. The highest BCUT2D eigenvalue weighted by molar-refractivity contribution is 5.76. The number of hydrogen-bond donors (Lipinski definition) is 2. The Kier molecular flexibility index (Phi) is 5.11. The second-order valence-corrected chi connectivity index (χ2v) is 5.74. The largest absolute Gasteiger partial charge is 0.378 e. The molecule has 2 N–H and O–H groups in total. The number of rotatable bonds is 6. The van der Waals surface area contributed by atoms with Crippen LogP contribution in [0.4, 0.5) is 0 Å². The van der Waals surface area contributed by atoms with E-state index in [0.29, 0.717) is 12.2 Å². The van der Waals surface area contributed by atoms with E-state index in [0.717, 1.165) is 31.7 Å². The van der Waals surface area contributed by atoms with E-state index >= 15 is 0 Å². The molecule has 0 radical (unpaired) electrons. The number of aryl methyl sites for hydroxylation is 1. The third-order valence-corrected chi connectivity index (χ3v) is 3.59. The van der Waals surface area contributed by atoms with Gasteiger partial charge in [0.2, 0.25) is 5.91 Å². The second kappa shape index (κ2) is 6.83. The number of nitrogens with one attached hydrogen (secondary N) is 2. The Morgan fingerprint density at radius 2 is 2.35 bits per heavy atom. The Morgan fingerprint density at radius 1 is 1.55 bits per heavy atom. The lowest BCUT2D eigenvalue weighted by atomic mass is 10.0. The SMILES string of the molecule is Cc1nc([C@@H](NC(=O)CC[C@@H]2CCCO2)C(C)C)n[nH]1. The monoisotopic (exact) mass is 280 g/mol. The highest BCUT2D eigenvalue weighted by Gasteiger charge is 2.23. The van der Waals surface area contributed by atoms with E-state index in [9.17, 15) is 4.79 Å². The van der Waals surface area contributed by atoms with Gasteiger partial charge in [-0.05, 0) is 32.1 Å². The van der Waals surface area contributed by atoms with Crippen molar-refractivity contribution in [3.8, 4) is 0 Å². The zero-order chi connectivity index (χ0) is 14.5. The predicted octanol–water partition coefficient (Wildman–Crippen LogP) is 1.89. The van der Waals surface area contributed by atoms with Crippen LogP contribution in [0.15, 0.2) is 0 Å². The quantitative estimate of drug-likeness (QED) is 0.834. The molecule has 2 atom stereocenters. The van der Waals surface area contributed by atoms with Crippen molar-refractivity contribution in [2.45, 2.75) is 58.6 Å². The van der Waals surface area contributed by atoms with E-state index in [2.05, 4.69) is 34.3 Å². The van der Waals surface area contributed by atoms with Crippen molar-refractivity contribution in [2.75, 3.05) is 6.61 Å². The molecule has 0 spiro atoms. The van der Waals surface area contributed by atoms with Gasteiger partial charge in [-0.2, -0.15) is 5.10 Å². The van der Waals surface area contributed by atoms with Gasteiger partial charge >= 0.3 is 0 Å². The maximum atomic E-state index is 12.1. The van der Waals surface area contributed by atoms with Crippen LogP contribution < -0.4 is 5.32 Å². The Balaban J connectivity index is 1.85. The maximum Gasteiger partial charge on any atom is 0.220 e. The molecule has 6 nitrogen and oxygen atoms in total. The van der Waals surface area contributed by atoms with Gasteiger partial charge in [0.1, 0.15) is 5.82 Å². The minimum absolute atomic E-state index is 0.0432. The molecule has 20 heavy (non-hydrogen) atoms. The van der Waals surface area contributed by atoms with Crippen LogP contribution in [-0.2, 0) is 9.53 Å². The fraction of sp³-hybridized carbons (Fsp3) is 0.786. The molecule has 1 saturated heterocycles. The minimum Gasteiger partial charge on any atom is -0.378 e. The minimum atomic E-state index is -0.142. The molecule has 0 aromatic carbocycles. The van der Waals surface area contributed by atoms with Gasteiger partial charge in [0, 0.05) is 13.0 Å². The number of carbonyl (C=O) groups is 1. The molecule has 0 saturated carbocycles. The van der Waals surface area contributed by atoms with E-state index in [4.69, 9.17) is 4.74 Å². The smallest absolute Gasteiger partial charge is 0.220 e. The normalized spacial score (nSPS) is 20.3. The van der Waals surface area contributed by atoms with Gasteiger partial charge in [0.15, 0.2) is 5.82 Å². The maximum absolute atomic E-state index is 12.1. The molecule has 2 heterocycles. The summed E-state index contributed by atoms with van der Waals surface area (Å²) in [5, 5.41) is 10.0. The van der Waals surface area contributed by atoms with E-state index in [-0.39, 0.29) is 24.0 Å². The van der Waals surface area contributed by atoms with Gasteiger partial charge in [0.05, 0.1) is 12.1 Å². The van der Waals surface area contributed by atoms with Crippen molar-refractivity contribution in [1.29, 1.82) is 0 Å². The van der Waals surface area contributed by atoms with Crippen LogP contribution in [0, 0.1) is 12.8 Å². The number of ether oxygens (including phenoxy) is 1. The molecular formula is C14H24N4O2. The average molecular weight is 280 g/mol. The Bertz CT molecular complexity index is 438. The first-order chi connectivity index (χ1) is 9.56. The molecule has 0 bridgehead atoms. The molecule has 1 fully saturated rings. The molecule has 2 rings (SSSR count). The number of H-pyrrole nitrogens is 1. The third-order valence-electron chi connectivity index (χ3n) is 3.59. The number of aromatic nitrogens is 3. The van der Waals surface area contributed by atoms with Gasteiger partial charge in [-0.25, -0.2) is 4.98 Å². The van der Waals surface area contributed by atoms with Crippen LogP contribution >= 0.6 is 0 Å². The average Bonchev–Trinajstić information content (AvgIpc) is 3.04. The van der Waals surface area contributed by atoms with Crippen LogP contribution in [0.25, 0.3) is 0 Å². The second-order valence-electron chi connectivity index (χ2n) is 5.74. The van der Waals surface area contributed by atoms with Crippen LogP contribution in [0.1, 0.15) is 57.2 Å². The first-order valence-corrected chi connectivity index (χ1v) is 7.36. The van der Waals surface area contributed by atoms with E-state index < -0.39 is 0 Å². The highest BCUT2D eigenvalue weighted by Crippen LogP contribution is 2.20. The van der Waals surface area contributed by atoms with Crippen molar-refractivity contribution >= 4 is 5.91 Å². The van der Waals surface area contributed by atoms with Crippen molar-refractivity contribution < 1.29 is 9.53 Å². The highest BCUT2D eigenvalue weighted by atomic mass is 16.5.